The largest absolute Gasteiger partial charge is 0.480 e. The Balaban J connectivity index is 2.65. The minimum Gasteiger partial charge on any atom is -0.480 e. The number of hydrogen-bond acceptors (Lipinski definition) is 3. The lowest BCUT2D eigenvalue weighted by molar-refractivity contribution is -0.139. The van der Waals surface area contributed by atoms with Crippen LogP contribution in [0.5, 0.6) is 0 Å². The first-order chi connectivity index (χ1) is 9.29. The Kier molecular flexibility index (Phi) is 5.98. The van der Waals surface area contributed by atoms with E-state index in [1.165, 1.54) is 0 Å². The first kappa shape index (κ1) is 16.5. The summed E-state index contributed by atoms with van der Waals surface area (Å²) in [5.74, 6) is -1.22. The molecule has 6 heteroatoms. The van der Waals surface area contributed by atoms with E-state index < -0.39 is 5.97 Å². The maximum atomic E-state index is 11.9. The minimum atomic E-state index is -0.954. The summed E-state index contributed by atoms with van der Waals surface area (Å²) in [5.41, 5.74) is 1.53. The van der Waals surface area contributed by atoms with Gasteiger partial charge in [0.05, 0.1) is 13.1 Å². The first-order valence-corrected chi connectivity index (χ1v) is 6.69. The molecule has 0 atom stereocenters. The highest BCUT2D eigenvalue weighted by Gasteiger charge is 2.17. The monoisotopic (exact) mass is 298 g/mol. The third-order valence-corrected chi connectivity index (χ3v) is 3.28. The fraction of sp³-hybridized carbons (Fsp3) is 0.429. The number of nitrogens with zero attached hydrogens (tertiary/aromatic N) is 1. The number of amides is 1. The van der Waals surface area contributed by atoms with Gasteiger partial charge in [0.1, 0.15) is 0 Å². The molecule has 0 fully saturated rings. The lowest BCUT2D eigenvalue weighted by Gasteiger charge is -2.23. The number of hydrogen-bond donors (Lipinski definition) is 2. The molecule has 0 radical (unpaired) electrons. The number of aryl methyl sites for hydroxylation is 1. The van der Waals surface area contributed by atoms with Crippen LogP contribution in [0.3, 0.4) is 0 Å². The number of carboxylic acid groups (broad SMARTS) is 1. The second-order valence-corrected chi connectivity index (χ2v) is 5.31. The summed E-state index contributed by atoms with van der Waals surface area (Å²) in [4.78, 5) is 24.2. The number of halogens is 1. The zero-order chi connectivity index (χ0) is 15.3. The molecule has 20 heavy (non-hydrogen) atoms. The molecule has 0 saturated carbocycles. The van der Waals surface area contributed by atoms with E-state index in [2.05, 4.69) is 5.32 Å². The number of nitrogens with one attached hydrogen (secondary N) is 1. The number of anilines is 1. The molecule has 0 aliphatic rings. The topological polar surface area (TPSA) is 69.6 Å². The molecule has 1 aromatic carbocycles. The van der Waals surface area contributed by atoms with E-state index in [1.54, 1.807) is 17.0 Å². The van der Waals surface area contributed by atoms with Crippen LogP contribution in [0.15, 0.2) is 18.2 Å². The Bertz CT molecular complexity index is 503. The van der Waals surface area contributed by atoms with Gasteiger partial charge in [-0.2, -0.15) is 0 Å². The molecule has 0 saturated heterocycles. The third-order valence-electron chi connectivity index (χ3n) is 2.87. The minimum absolute atomic E-state index is 0.0233. The van der Waals surface area contributed by atoms with Crippen molar-refractivity contribution < 1.29 is 14.7 Å². The number of rotatable bonds is 6. The van der Waals surface area contributed by atoms with Crippen LogP contribution in [0.25, 0.3) is 0 Å². The van der Waals surface area contributed by atoms with Crippen molar-refractivity contribution in [2.24, 2.45) is 0 Å². The van der Waals surface area contributed by atoms with Crippen LogP contribution >= 0.6 is 11.6 Å². The molecular formula is C14H19ClN2O3. The van der Waals surface area contributed by atoms with Crippen LogP contribution in [0.2, 0.25) is 5.02 Å². The van der Waals surface area contributed by atoms with Gasteiger partial charge in [-0.05, 0) is 38.5 Å². The van der Waals surface area contributed by atoms with Gasteiger partial charge in [-0.25, -0.2) is 0 Å². The summed E-state index contributed by atoms with van der Waals surface area (Å²) in [5, 5.41) is 12.1. The molecular weight excluding hydrogens is 280 g/mol. The Labute approximate surface area is 123 Å². The van der Waals surface area contributed by atoms with Crippen molar-refractivity contribution in [1.82, 2.24) is 4.90 Å². The van der Waals surface area contributed by atoms with E-state index in [0.717, 1.165) is 5.56 Å². The van der Waals surface area contributed by atoms with E-state index in [1.807, 2.05) is 26.8 Å². The fourth-order valence-corrected chi connectivity index (χ4v) is 1.83. The lowest BCUT2D eigenvalue weighted by atomic mass is 10.2. The molecule has 1 rings (SSSR count). The van der Waals surface area contributed by atoms with Gasteiger partial charge in [0.15, 0.2) is 0 Å². The number of carbonyl (C=O) groups excluding carboxylic acids is 1. The zero-order valence-electron chi connectivity index (χ0n) is 11.8. The second kappa shape index (κ2) is 7.26. The first-order valence-electron chi connectivity index (χ1n) is 6.31. The van der Waals surface area contributed by atoms with Crippen molar-refractivity contribution in [3.63, 3.8) is 0 Å². The predicted octanol–water partition coefficient (Wildman–Crippen LogP) is 2.38. The van der Waals surface area contributed by atoms with Crippen molar-refractivity contribution in [3.05, 3.63) is 28.8 Å². The molecule has 5 nitrogen and oxygen atoms in total. The molecule has 1 amide bonds. The van der Waals surface area contributed by atoms with Crippen molar-refractivity contribution >= 4 is 29.2 Å². The molecule has 1 aromatic rings. The van der Waals surface area contributed by atoms with Crippen molar-refractivity contribution in [2.75, 3.05) is 18.4 Å². The average molecular weight is 299 g/mol. The molecule has 0 unspecified atom stereocenters. The number of benzene rings is 1. The van der Waals surface area contributed by atoms with Crippen molar-refractivity contribution in [1.29, 1.82) is 0 Å². The Morgan fingerprint density at radius 2 is 2.00 bits per heavy atom. The van der Waals surface area contributed by atoms with E-state index in [-0.39, 0.29) is 25.0 Å². The van der Waals surface area contributed by atoms with Crippen LogP contribution in [0.4, 0.5) is 5.69 Å². The highest BCUT2D eigenvalue weighted by atomic mass is 35.5. The van der Waals surface area contributed by atoms with Gasteiger partial charge in [0, 0.05) is 16.8 Å². The average Bonchev–Trinajstić information content (AvgIpc) is 2.32. The summed E-state index contributed by atoms with van der Waals surface area (Å²) >= 11 is 5.98. The second-order valence-electron chi connectivity index (χ2n) is 4.90. The van der Waals surface area contributed by atoms with Crippen LogP contribution in [-0.2, 0) is 9.59 Å². The third kappa shape index (κ3) is 5.19. The van der Waals surface area contributed by atoms with Crippen LogP contribution in [-0.4, -0.2) is 41.0 Å². The quantitative estimate of drug-likeness (QED) is 0.846. The fourth-order valence-electron chi connectivity index (χ4n) is 1.65. The molecule has 0 heterocycles. The van der Waals surface area contributed by atoms with Crippen LogP contribution in [0, 0.1) is 6.92 Å². The summed E-state index contributed by atoms with van der Waals surface area (Å²) in [6.07, 6.45) is 0. The van der Waals surface area contributed by atoms with Gasteiger partial charge < -0.3 is 10.4 Å². The van der Waals surface area contributed by atoms with Gasteiger partial charge in [-0.15, -0.1) is 0 Å². The van der Waals surface area contributed by atoms with Gasteiger partial charge in [0.25, 0.3) is 0 Å². The zero-order valence-corrected chi connectivity index (χ0v) is 12.6. The molecule has 0 spiro atoms. The lowest BCUT2D eigenvalue weighted by Crippen LogP contribution is -2.41. The highest BCUT2D eigenvalue weighted by Crippen LogP contribution is 2.19. The smallest absolute Gasteiger partial charge is 0.317 e. The van der Waals surface area contributed by atoms with Gasteiger partial charge in [-0.3, -0.25) is 14.5 Å². The number of carboxylic acids is 1. The Hall–Kier alpha value is -1.59. The van der Waals surface area contributed by atoms with E-state index >= 15 is 0 Å². The Morgan fingerprint density at radius 1 is 1.35 bits per heavy atom. The van der Waals surface area contributed by atoms with Crippen LogP contribution < -0.4 is 5.32 Å². The van der Waals surface area contributed by atoms with Crippen LogP contribution in [0.1, 0.15) is 19.4 Å². The number of carbonyl (C=O) groups is 2. The van der Waals surface area contributed by atoms with Gasteiger partial charge in [0.2, 0.25) is 5.91 Å². The molecule has 0 aromatic heterocycles. The normalized spacial score (nSPS) is 10.9. The maximum Gasteiger partial charge on any atom is 0.317 e. The molecule has 0 aliphatic heterocycles. The SMILES string of the molecule is Cc1ccc(NC(=O)CN(CC(=O)O)C(C)C)cc1Cl. The summed E-state index contributed by atoms with van der Waals surface area (Å²) < 4.78 is 0. The molecule has 0 aliphatic carbocycles. The van der Waals surface area contributed by atoms with E-state index in [9.17, 15) is 9.59 Å². The maximum absolute atomic E-state index is 11.9. The van der Waals surface area contributed by atoms with Gasteiger partial charge in [-0.1, -0.05) is 17.7 Å². The van der Waals surface area contributed by atoms with E-state index in [0.29, 0.717) is 10.7 Å². The summed E-state index contributed by atoms with van der Waals surface area (Å²) in [6, 6.07) is 5.22. The van der Waals surface area contributed by atoms with E-state index in [4.69, 9.17) is 16.7 Å². The standard InChI is InChI=1S/C14H19ClN2O3/c1-9(2)17(8-14(19)20)7-13(18)16-11-5-4-10(3)12(15)6-11/h4-6,9H,7-8H2,1-3H3,(H,16,18)(H,19,20). The summed E-state index contributed by atoms with van der Waals surface area (Å²) in [7, 11) is 0. The Morgan fingerprint density at radius 3 is 2.50 bits per heavy atom. The van der Waals surface area contributed by atoms with Gasteiger partial charge >= 0.3 is 5.97 Å². The van der Waals surface area contributed by atoms with Crippen molar-refractivity contribution in [3.8, 4) is 0 Å². The molecule has 110 valence electrons. The number of aliphatic carboxylic acids is 1. The predicted molar refractivity (Wildman–Crippen MR) is 79.2 cm³/mol. The molecule has 2 N–H and O–H groups in total. The van der Waals surface area contributed by atoms with Crippen molar-refractivity contribution in [2.45, 2.75) is 26.8 Å². The molecule has 0 bridgehead atoms. The summed E-state index contributed by atoms with van der Waals surface area (Å²) in [6.45, 7) is 5.43. The highest BCUT2D eigenvalue weighted by molar-refractivity contribution is 6.31.